The van der Waals surface area contributed by atoms with Crippen LogP contribution >= 0.6 is 7.82 Å². The standard InChI is InChI=1S/C63H124NO8P/c1-6-8-10-12-14-16-18-20-22-23-24-25-26-27-28-29-30-31-32-33-34-35-36-37-38-39-40-41-42-44-45-47-49-51-53-55-62(65)69-59-61(60-71-73(67,68)70-58-57-64(3,4)5)72-63(66)56-54-52-50-48-46-43-21-19-17-15-13-11-9-7-2/h19,21,61H,6-18,20,22-60H2,1-5H3/p+1/b21-19-. The van der Waals surface area contributed by atoms with Crippen molar-refractivity contribution in [3.63, 3.8) is 0 Å². The van der Waals surface area contributed by atoms with Crippen LogP contribution in [0.3, 0.4) is 0 Å². The first-order valence-corrected chi connectivity index (χ1v) is 33.4. The lowest BCUT2D eigenvalue weighted by atomic mass is 10.0. The Morgan fingerprint density at radius 2 is 0.699 bits per heavy atom. The van der Waals surface area contributed by atoms with Gasteiger partial charge in [-0.15, -0.1) is 0 Å². The number of hydrogen-bond donors (Lipinski definition) is 1. The Bertz CT molecular complexity index is 1240. The first-order valence-electron chi connectivity index (χ1n) is 31.9. The van der Waals surface area contributed by atoms with Gasteiger partial charge in [-0.2, -0.15) is 0 Å². The summed E-state index contributed by atoms with van der Waals surface area (Å²) >= 11 is 0. The average Bonchev–Trinajstić information content (AvgIpc) is 3.35. The van der Waals surface area contributed by atoms with Crippen LogP contribution in [0, 0.1) is 0 Å². The molecule has 0 aromatic carbocycles. The number of phosphoric ester groups is 1. The molecule has 1 N–H and O–H groups in total. The van der Waals surface area contributed by atoms with Gasteiger partial charge >= 0.3 is 19.8 Å². The Balaban J connectivity index is 3.88. The number of nitrogens with zero attached hydrogens (tertiary/aromatic N) is 1. The van der Waals surface area contributed by atoms with Gasteiger partial charge in [-0.05, 0) is 38.5 Å². The lowest BCUT2D eigenvalue weighted by Gasteiger charge is -2.24. The summed E-state index contributed by atoms with van der Waals surface area (Å²) in [7, 11) is 1.49. The number of phosphoric acid groups is 1. The third-order valence-corrected chi connectivity index (χ3v) is 15.5. The zero-order chi connectivity index (χ0) is 53.5. The van der Waals surface area contributed by atoms with Crippen LogP contribution in [0.15, 0.2) is 12.2 Å². The zero-order valence-electron chi connectivity index (χ0n) is 49.4. The van der Waals surface area contributed by atoms with E-state index in [1.165, 1.54) is 244 Å². The number of carbonyl (C=O) groups is 2. The largest absolute Gasteiger partial charge is 0.472 e. The number of likely N-dealkylation sites (N-methyl/N-ethyl adjacent to an activating group) is 1. The predicted octanol–water partition coefficient (Wildman–Crippen LogP) is 20.0. The SMILES string of the molecule is CCCCCCC/C=C\CCCCCCCC(=O)OC(COC(=O)CCCCCCCCCCCCCCCCCCCCCCCCCCCCCCCCCCCCC)COP(=O)(O)OCC[N+](C)(C)C. The second kappa shape index (κ2) is 55.5. The highest BCUT2D eigenvalue weighted by atomic mass is 31.2. The van der Waals surface area contributed by atoms with Crippen LogP contribution in [0.25, 0.3) is 0 Å². The maximum absolute atomic E-state index is 12.8. The molecule has 0 saturated heterocycles. The van der Waals surface area contributed by atoms with Gasteiger partial charge in [-0.3, -0.25) is 18.6 Å². The molecule has 0 aromatic heterocycles. The average molecular weight is 1060 g/mol. The Morgan fingerprint density at radius 1 is 0.411 bits per heavy atom. The van der Waals surface area contributed by atoms with Crippen molar-refractivity contribution in [2.75, 3.05) is 47.5 Å². The van der Waals surface area contributed by atoms with E-state index in [4.69, 9.17) is 18.5 Å². The smallest absolute Gasteiger partial charge is 0.462 e. The van der Waals surface area contributed by atoms with Crippen molar-refractivity contribution in [3.05, 3.63) is 12.2 Å². The van der Waals surface area contributed by atoms with Crippen molar-refractivity contribution >= 4 is 19.8 Å². The van der Waals surface area contributed by atoms with Gasteiger partial charge < -0.3 is 18.9 Å². The number of hydrogen-bond acceptors (Lipinski definition) is 7. The van der Waals surface area contributed by atoms with E-state index in [1.54, 1.807) is 0 Å². The van der Waals surface area contributed by atoms with E-state index in [9.17, 15) is 19.0 Å². The van der Waals surface area contributed by atoms with Crippen molar-refractivity contribution in [2.24, 2.45) is 0 Å². The fraction of sp³-hybridized carbons (Fsp3) is 0.937. The quantitative estimate of drug-likeness (QED) is 0.0211. The minimum Gasteiger partial charge on any atom is -0.462 e. The molecule has 0 radical (unpaired) electrons. The number of esters is 2. The predicted molar refractivity (Wildman–Crippen MR) is 312 cm³/mol. The monoisotopic (exact) mass is 1050 g/mol. The van der Waals surface area contributed by atoms with Crippen LogP contribution in [-0.4, -0.2) is 74.9 Å². The fourth-order valence-electron chi connectivity index (χ4n) is 9.60. The fourth-order valence-corrected chi connectivity index (χ4v) is 10.3. The normalized spacial score (nSPS) is 13.2. The molecule has 0 amide bonds. The molecule has 0 fully saturated rings. The zero-order valence-corrected chi connectivity index (χ0v) is 50.3. The summed E-state index contributed by atoms with van der Waals surface area (Å²) in [5.74, 6) is -0.790. The van der Waals surface area contributed by atoms with Crippen molar-refractivity contribution < 1.29 is 42.1 Å². The lowest BCUT2D eigenvalue weighted by Crippen LogP contribution is -2.37. The summed E-state index contributed by atoms with van der Waals surface area (Å²) in [6.07, 6.45) is 66.1. The molecule has 2 atom stereocenters. The minimum atomic E-state index is -4.38. The molecule has 0 heterocycles. The molecule has 0 rings (SSSR count). The molecular weight excluding hydrogens is 930 g/mol. The number of allylic oxidation sites excluding steroid dienone is 2. The van der Waals surface area contributed by atoms with Crippen LogP contribution in [0.1, 0.15) is 328 Å². The Labute approximate surface area is 454 Å². The molecule has 0 aromatic rings. The molecule has 10 heteroatoms. The Kier molecular flexibility index (Phi) is 54.6. The van der Waals surface area contributed by atoms with Crippen molar-refractivity contribution in [2.45, 2.75) is 335 Å². The Hall–Kier alpha value is -1.25. The molecule has 0 spiro atoms. The summed E-state index contributed by atoms with van der Waals surface area (Å²) in [5, 5.41) is 0. The molecule has 73 heavy (non-hydrogen) atoms. The van der Waals surface area contributed by atoms with Crippen molar-refractivity contribution in [1.82, 2.24) is 0 Å². The van der Waals surface area contributed by atoms with E-state index in [2.05, 4.69) is 26.0 Å². The maximum atomic E-state index is 12.8. The van der Waals surface area contributed by atoms with Crippen LogP contribution < -0.4 is 0 Å². The maximum Gasteiger partial charge on any atom is 0.472 e. The molecule has 0 aliphatic heterocycles. The van der Waals surface area contributed by atoms with E-state index < -0.39 is 26.5 Å². The van der Waals surface area contributed by atoms with E-state index in [1.807, 2.05) is 21.1 Å². The Morgan fingerprint density at radius 3 is 1.01 bits per heavy atom. The highest BCUT2D eigenvalue weighted by Crippen LogP contribution is 2.43. The number of ether oxygens (including phenoxy) is 2. The molecule has 0 saturated carbocycles. The lowest BCUT2D eigenvalue weighted by molar-refractivity contribution is -0.870. The summed E-state index contributed by atoms with van der Waals surface area (Å²) < 4.78 is 34.5. The van der Waals surface area contributed by atoms with Gasteiger partial charge in [0, 0.05) is 12.8 Å². The van der Waals surface area contributed by atoms with Gasteiger partial charge in [0.25, 0.3) is 0 Å². The highest BCUT2D eigenvalue weighted by molar-refractivity contribution is 7.47. The van der Waals surface area contributed by atoms with Gasteiger partial charge in [-0.1, -0.05) is 289 Å². The summed E-state index contributed by atoms with van der Waals surface area (Å²) in [5.41, 5.74) is 0. The summed E-state index contributed by atoms with van der Waals surface area (Å²) in [6, 6.07) is 0. The molecule has 0 aliphatic carbocycles. The highest BCUT2D eigenvalue weighted by Gasteiger charge is 2.27. The first kappa shape index (κ1) is 71.8. The van der Waals surface area contributed by atoms with Gasteiger partial charge in [-0.25, -0.2) is 4.57 Å². The third-order valence-electron chi connectivity index (χ3n) is 14.5. The van der Waals surface area contributed by atoms with E-state index >= 15 is 0 Å². The van der Waals surface area contributed by atoms with Crippen LogP contribution in [-0.2, 0) is 32.7 Å². The molecule has 434 valence electrons. The third kappa shape index (κ3) is 59.8. The molecular formula is C63H125NO8P+. The number of rotatable bonds is 60. The van der Waals surface area contributed by atoms with E-state index in [-0.39, 0.29) is 25.6 Å². The molecule has 2 unspecified atom stereocenters. The number of carbonyl (C=O) groups excluding carboxylic acids is 2. The van der Waals surface area contributed by atoms with Gasteiger partial charge in [0.15, 0.2) is 6.10 Å². The van der Waals surface area contributed by atoms with Gasteiger partial charge in [0.1, 0.15) is 19.8 Å². The van der Waals surface area contributed by atoms with Gasteiger partial charge in [0.05, 0.1) is 27.7 Å². The molecule has 0 bridgehead atoms. The molecule has 9 nitrogen and oxygen atoms in total. The van der Waals surface area contributed by atoms with Crippen molar-refractivity contribution in [3.8, 4) is 0 Å². The number of quaternary nitrogens is 1. The number of unbranched alkanes of at least 4 members (excludes halogenated alkanes) is 44. The summed E-state index contributed by atoms with van der Waals surface area (Å²) in [6.45, 7) is 4.47. The summed E-state index contributed by atoms with van der Waals surface area (Å²) in [4.78, 5) is 35.6. The van der Waals surface area contributed by atoms with Crippen LogP contribution in [0.2, 0.25) is 0 Å². The molecule has 0 aliphatic rings. The minimum absolute atomic E-state index is 0.0336. The van der Waals surface area contributed by atoms with Crippen molar-refractivity contribution in [1.29, 1.82) is 0 Å². The van der Waals surface area contributed by atoms with Crippen LogP contribution in [0.4, 0.5) is 0 Å². The second-order valence-electron chi connectivity index (χ2n) is 23.2. The van der Waals surface area contributed by atoms with Gasteiger partial charge in [0.2, 0.25) is 0 Å². The van der Waals surface area contributed by atoms with E-state index in [0.717, 1.165) is 51.4 Å². The van der Waals surface area contributed by atoms with Crippen LogP contribution in [0.5, 0.6) is 0 Å². The van der Waals surface area contributed by atoms with E-state index in [0.29, 0.717) is 23.9 Å². The first-order chi connectivity index (χ1) is 35.5. The second-order valence-corrected chi connectivity index (χ2v) is 24.6. The topological polar surface area (TPSA) is 108 Å².